The van der Waals surface area contributed by atoms with Crippen molar-refractivity contribution in [2.75, 3.05) is 13.1 Å². The van der Waals surface area contributed by atoms with E-state index in [4.69, 9.17) is 0 Å². The molecule has 19 heavy (non-hydrogen) atoms. The highest BCUT2D eigenvalue weighted by atomic mass is 79.9. The van der Waals surface area contributed by atoms with E-state index in [2.05, 4.69) is 57.2 Å². The fourth-order valence-corrected chi connectivity index (χ4v) is 3.89. The van der Waals surface area contributed by atoms with E-state index < -0.39 is 0 Å². The van der Waals surface area contributed by atoms with Gasteiger partial charge in [0.15, 0.2) is 0 Å². The Kier molecular flexibility index (Phi) is 4.36. The number of halogens is 1. The van der Waals surface area contributed by atoms with E-state index in [0.29, 0.717) is 0 Å². The second-order valence-corrected chi connectivity index (χ2v) is 7.19. The fourth-order valence-electron chi connectivity index (χ4n) is 2.57. The van der Waals surface area contributed by atoms with Gasteiger partial charge >= 0.3 is 0 Å². The zero-order chi connectivity index (χ0) is 13.1. The number of nitrogens with zero attached hydrogens (tertiary/aromatic N) is 1. The second kappa shape index (κ2) is 6.21. The molecule has 1 aliphatic rings. The van der Waals surface area contributed by atoms with Crippen molar-refractivity contribution in [1.82, 2.24) is 4.90 Å². The van der Waals surface area contributed by atoms with Gasteiger partial charge in [-0.3, -0.25) is 4.90 Å². The maximum Gasteiger partial charge on any atom is 0.0346 e. The van der Waals surface area contributed by atoms with E-state index in [1.54, 1.807) is 0 Å². The Bertz CT molecular complexity index is 526. The summed E-state index contributed by atoms with van der Waals surface area (Å²) in [5, 5.41) is 0. The molecule has 0 unspecified atom stereocenters. The molecular formula is C16H18BrNS. The lowest BCUT2D eigenvalue weighted by atomic mass is 10.1. The first kappa shape index (κ1) is 13.3. The Morgan fingerprint density at radius 1 is 0.947 bits per heavy atom. The Morgan fingerprint density at radius 3 is 2.42 bits per heavy atom. The maximum atomic E-state index is 3.49. The van der Waals surface area contributed by atoms with Crippen LogP contribution in [0, 0.1) is 0 Å². The second-order valence-electron chi connectivity index (χ2n) is 5.11. The van der Waals surface area contributed by atoms with Crippen LogP contribution in [0.1, 0.15) is 24.1 Å². The van der Waals surface area contributed by atoms with E-state index in [0.717, 1.165) is 11.0 Å². The van der Waals surface area contributed by atoms with Crippen molar-refractivity contribution in [3.63, 3.8) is 0 Å². The predicted molar refractivity (Wildman–Crippen MR) is 86.6 cm³/mol. The summed E-state index contributed by atoms with van der Waals surface area (Å²) >= 11 is 5.41. The molecule has 0 bridgehead atoms. The van der Waals surface area contributed by atoms with Gasteiger partial charge in [-0.15, -0.1) is 11.3 Å². The van der Waals surface area contributed by atoms with Gasteiger partial charge in [0.05, 0.1) is 0 Å². The standard InChI is InChI=1S/C16H18BrNS/c17-14-6-4-13(5-7-14)16-9-8-15(19-16)12-18-10-2-1-3-11-18/h4-9H,1-3,10-12H2. The molecule has 0 saturated carbocycles. The van der Waals surface area contributed by atoms with Crippen molar-refractivity contribution in [3.8, 4) is 10.4 Å². The van der Waals surface area contributed by atoms with E-state index in [1.165, 1.54) is 47.7 Å². The zero-order valence-electron chi connectivity index (χ0n) is 10.9. The lowest BCUT2D eigenvalue weighted by Gasteiger charge is -2.25. The van der Waals surface area contributed by atoms with Gasteiger partial charge in [-0.05, 0) is 55.8 Å². The highest BCUT2D eigenvalue weighted by molar-refractivity contribution is 9.10. The largest absolute Gasteiger partial charge is 0.298 e. The molecule has 1 saturated heterocycles. The van der Waals surface area contributed by atoms with Crippen LogP contribution < -0.4 is 0 Å². The zero-order valence-corrected chi connectivity index (χ0v) is 13.3. The minimum Gasteiger partial charge on any atom is -0.298 e. The van der Waals surface area contributed by atoms with Crippen LogP contribution in [0.25, 0.3) is 10.4 Å². The summed E-state index contributed by atoms with van der Waals surface area (Å²) in [4.78, 5) is 5.44. The summed E-state index contributed by atoms with van der Waals surface area (Å²) in [6.07, 6.45) is 4.14. The summed E-state index contributed by atoms with van der Waals surface area (Å²) in [6, 6.07) is 13.1. The third-order valence-corrected chi connectivity index (χ3v) is 5.27. The molecule has 2 heterocycles. The predicted octanol–water partition coefficient (Wildman–Crippen LogP) is 5.16. The Morgan fingerprint density at radius 2 is 1.68 bits per heavy atom. The van der Waals surface area contributed by atoms with Crippen molar-refractivity contribution >= 4 is 27.3 Å². The quantitative estimate of drug-likeness (QED) is 0.748. The van der Waals surface area contributed by atoms with Crippen molar-refractivity contribution in [1.29, 1.82) is 0 Å². The Balaban J connectivity index is 1.70. The highest BCUT2D eigenvalue weighted by Crippen LogP contribution is 2.30. The molecule has 3 rings (SSSR count). The van der Waals surface area contributed by atoms with E-state index in [9.17, 15) is 0 Å². The molecule has 1 aliphatic heterocycles. The van der Waals surface area contributed by atoms with Gasteiger partial charge in [0.25, 0.3) is 0 Å². The van der Waals surface area contributed by atoms with Crippen LogP contribution >= 0.6 is 27.3 Å². The molecule has 1 nitrogen and oxygen atoms in total. The molecule has 0 amide bonds. The molecule has 1 fully saturated rings. The van der Waals surface area contributed by atoms with Crippen LogP contribution in [0.15, 0.2) is 40.9 Å². The highest BCUT2D eigenvalue weighted by Gasteiger charge is 2.11. The third kappa shape index (κ3) is 3.47. The lowest BCUT2D eigenvalue weighted by Crippen LogP contribution is -2.28. The van der Waals surface area contributed by atoms with Gasteiger partial charge in [0.1, 0.15) is 0 Å². The fraction of sp³-hybridized carbons (Fsp3) is 0.375. The molecule has 0 radical (unpaired) electrons. The molecule has 0 spiro atoms. The molecular weight excluding hydrogens is 318 g/mol. The van der Waals surface area contributed by atoms with Gasteiger partial charge in [0, 0.05) is 20.8 Å². The number of hydrogen-bond acceptors (Lipinski definition) is 2. The van der Waals surface area contributed by atoms with E-state index >= 15 is 0 Å². The molecule has 2 aromatic rings. The average molecular weight is 336 g/mol. The molecule has 0 N–H and O–H groups in total. The van der Waals surface area contributed by atoms with Crippen LogP contribution in [0.2, 0.25) is 0 Å². The molecule has 1 aromatic heterocycles. The minimum atomic E-state index is 1.13. The van der Waals surface area contributed by atoms with Crippen molar-refractivity contribution in [2.24, 2.45) is 0 Å². The van der Waals surface area contributed by atoms with Crippen LogP contribution in [-0.4, -0.2) is 18.0 Å². The number of benzene rings is 1. The number of hydrogen-bond donors (Lipinski definition) is 0. The van der Waals surface area contributed by atoms with E-state index in [-0.39, 0.29) is 0 Å². The Labute approximate surface area is 127 Å². The first-order valence-corrected chi connectivity index (χ1v) is 8.49. The van der Waals surface area contributed by atoms with Crippen LogP contribution in [0.3, 0.4) is 0 Å². The van der Waals surface area contributed by atoms with Gasteiger partial charge in [-0.1, -0.05) is 34.5 Å². The number of piperidine rings is 1. The number of thiophene rings is 1. The summed E-state index contributed by atoms with van der Waals surface area (Å²) in [5.41, 5.74) is 1.32. The molecule has 0 atom stereocenters. The average Bonchev–Trinajstić information content (AvgIpc) is 2.89. The van der Waals surface area contributed by atoms with E-state index in [1.807, 2.05) is 11.3 Å². The lowest BCUT2D eigenvalue weighted by molar-refractivity contribution is 0.222. The normalized spacial score (nSPS) is 16.7. The SMILES string of the molecule is Brc1ccc(-c2ccc(CN3CCCCC3)s2)cc1. The topological polar surface area (TPSA) is 3.24 Å². The molecule has 3 heteroatoms. The Hall–Kier alpha value is -0.640. The third-order valence-electron chi connectivity index (χ3n) is 3.62. The molecule has 1 aromatic carbocycles. The monoisotopic (exact) mass is 335 g/mol. The van der Waals surface area contributed by atoms with Gasteiger partial charge in [-0.2, -0.15) is 0 Å². The number of rotatable bonds is 3. The van der Waals surface area contributed by atoms with Crippen LogP contribution in [0.5, 0.6) is 0 Å². The van der Waals surface area contributed by atoms with Gasteiger partial charge in [-0.25, -0.2) is 0 Å². The maximum absolute atomic E-state index is 3.49. The van der Waals surface area contributed by atoms with Gasteiger partial charge in [0.2, 0.25) is 0 Å². The summed E-state index contributed by atoms with van der Waals surface area (Å²) < 4.78 is 1.14. The molecule has 0 aliphatic carbocycles. The summed E-state index contributed by atoms with van der Waals surface area (Å²) in [6.45, 7) is 3.66. The first-order chi connectivity index (χ1) is 9.31. The van der Waals surface area contributed by atoms with Crippen LogP contribution in [-0.2, 0) is 6.54 Å². The van der Waals surface area contributed by atoms with Crippen molar-refractivity contribution < 1.29 is 0 Å². The van der Waals surface area contributed by atoms with Crippen LogP contribution in [0.4, 0.5) is 0 Å². The van der Waals surface area contributed by atoms with Crippen molar-refractivity contribution in [3.05, 3.63) is 45.7 Å². The summed E-state index contributed by atoms with van der Waals surface area (Å²) in [5.74, 6) is 0. The van der Waals surface area contributed by atoms with Gasteiger partial charge < -0.3 is 0 Å². The van der Waals surface area contributed by atoms with Crippen molar-refractivity contribution in [2.45, 2.75) is 25.8 Å². The smallest absolute Gasteiger partial charge is 0.0346 e. The number of likely N-dealkylation sites (tertiary alicyclic amines) is 1. The first-order valence-electron chi connectivity index (χ1n) is 6.88. The summed E-state index contributed by atoms with van der Waals surface area (Å²) in [7, 11) is 0. The molecule has 100 valence electrons. The minimum absolute atomic E-state index is 1.13.